The summed E-state index contributed by atoms with van der Waals surface area (Å²) in [5, 5.41) is 0. The van der Waals surface area contributed by atoms with Crippen LogP contribution in [0, 0.1) is 0 Å². The quantitative estimate of drug-likeness (QED) is 0.637. The van der Waals surface area contributed by atoms with Gasteiger partial charge in [-0.05, 0) is 50.4 Å². The van der Waals surface area contributed by atoms with Crippen LogP contribution in [0.15, 0.2) is 60.7 Å². The summed E-state index contributed by atoms with van der Waals surface area (Å²) in [5.74, 6) is 0.321. The Balaban J connectivity index is 2.04. The topological polar surface area (TPSA) is 20.3 Å². The largest absolute Gasteiger partial charge is 0.301 e. The Hall–Kier alpha value is -1.93. The van der Waals surface area contributed by atoms with Crippen molar-refractivity contribution in [2.75, 3.05) is 13.1 Å². The second-order valence-corrected chi connectivity index (χ2v) is 7.92. The molecule has 2 aromatic carbocycles. The molecular formula is C25H33NO. The molecule has 144 valence electrons. The van der Waals surface area contributed by atoms with Gasteiger partial charge in [0.15, 0.2) is 0 Å². The number of rotatable bonds is 7. The van der Waals surface area contributed by atoms with Crippen molar-refractivity contribution in [2.45, 2.75) is 63.8 Å². The van der Waals surface area contributed by atoms with E-state index in [1.54, 1.807) is 0 Å². The van der Waals surface area contributed by atoms with E-state index in [9.17, 15) is 4.79 Å². The number of Topliss-reactive ketones (excluding diaryl/α,β-unsaturated/α-hetero) is 1. The lowest BCUT2D eigenvalue weighted by Gasteiger charge is -2.39. The van der Waals surface area contributed by atoms with E-state index in [0.717, 1.165) is 30.6 Å². The Morgan fingerprint density at radius 3 is 1.81 bits per heavy atom. The van der Waals surface area contributed by atoms with Gasteiger partial charge >= 0.3 is 0 Å². The van der Waals surface area contributed by atoms with Crippen LogP contribution in [0.1, 0.15) is 63.5 Å². The van der Waals surface area contributed by atoms with Crippen LogP contribution in [-0.2, 0) is 10.2 Å². The highest BCUT2D eigenvalue weighted by Crippen LogP contribution is 2.40. The van der Waals surface area contributed by atoms with Gasteiger partial charge in [0, 0.05) is 12.5 Å². The first kappa shape index (κ1) is 19.8. The molecular weight excluding hydrogens is 330 g/mol. The number of nitrogens with zero attached hydrogens (tertiary/aromatic N) is 1. The van der Waals surface area contributed by atoms with Crippen LogP contribution in [-0.4, -0.2) is 29.8 Å². The summed E-state index contributed by atoms with van der Waals surface area (Å²) in [4.78, 5) is 16.1. The zero-order chi connectivity index (χ0) is 19.1. The molecule has 0 N–H and O–H groups in total. The Morgan fingerprint density at radius 1 is 0.889 bits per heavy atom. The fourth-order valence-electron chi connectivity index (χ4n) is 4.69. The maximum absolute atomic E-state index is 13.5. The molecule has 1 aliphatic rings. The van der Waals surface area contributed by atoms with E-state index in [0.29, 0.717) is 18.2 Å². The third kappa shape index (κ3) is 4.32. The lowest BCUT2D eigenvalue weighted by molar-refractivity contribution is -0.123. The number of benzene rings is 2. The fourth-order valence-corrected chi connectivity index (χ4v) is 4.69. The molecule has 0 radical (unpaired) electrons. The van der Waals surface area contributed by atoms with E-state index in [1.165, 1.54) is 25.7 Å². The van der Waals surface area contributed by atoms with E-state index in [-0.39, 0.29) is 0 Å². The summed E-state index contributed by atoms with van der Waals surface area (Å²) >= 11 is 0. The van der Waals surface area contributed by atoms with Gasteiger partial charge in [-0.2, -0.15) is 0 Å². The van der Waals surface area contributed by atoms with Crippen molar-refractivity contribution in [3.05, 3.63) is 71.8 Å². The third-order valence-corrected chi connectivity index (χ3v) is 6.20. The zero-order valence-corrected chi connectivity index (χ0v) is 16.9. The normalized spacial score (nSPS) is 17.3. The predicted molar refractivity (Wildman–Crippen MR) is 113 cm³/mol. The van der Waals surface area contributed by atoms with Gasteiger partial charge in [0.1, 0.15) is 5.78 Å². The maximum Gasteiger partial charge on any atom is 0.147 e. The SMILES string of the molecule is CCC(=O)C(C[C@@H](C)N1CCCCCC1)(c1ccccc1)c1ccccc1. The van der Waals surface area contributed by atoms with Gasteiger partial charge in [0.2, 0.25) is 0 Å². The monoisotopic (exact) mass is 363 g/mol. The van der Waals surface area contributed by atoms with Crippen molar-refractivity contribution in [3.8, 4) is 0 Å². The van der Waals surface area contributed by atoms with Crippen LogP contribution in [0.4, 0.5) is 0 Å². The van der Waals surface area contributed by atoms with E-state index in [1.807, 2.05) is 19.1 Å². The molecule has 2 heteroatoms. The van der Waals surface area contributed by atoms with Gasteiger partial charge in [-0.15, -0.1) is 0 Å². The standard InChI is InChI=1S/C25H33NO/c1-3-24(27)25(22-14-8-6-9-15-22,23-16-10-7-11-17-23)20-21(2)26-18-12-4-5-13-19-26/h6-11,14-17,21H,3-5,12-13,18-20H2,1-2H3/t21-/m1/s1. The van der Waals surface area contributed by atoms with Crippen LogP contribution in [0.5, 0.6) is 0 Å². The first-order valence-corrected chi connectivity index (χ1v) is 10.6. The number of hydrogen-bond acceptors (Lipinski definition) is 2. The van der Waals surface area contributed by atoms with Crippen LogP contribution >= 0.6 is 0 Å². The van der Waals surface area contributed by atoms with Gasteiger partial charge < -0.3 is 4.90 Å². The molecule has 0 amide bonds. The maximum atomic E-state index is 13.5. The highest BCUT2D eigenvalue weighted by atomic mass is 16.1. The molecule has 0 unspecified atom stereocenters. The van der Waals surface area contributed by atoms with E-state index in [2.05, 4.69) is 60.4 Å². The van der Waals surface area contributed by atoms with Crippen LogP contribution in [0.25, 0.3) is 0 Å². The summed E-state index contributed by atoms with van der Waals surface area (Å²) in [6.07, 6.45) is 6.61. The van der Waals surface area contributed by atoms with Gasteiger partial charge in [-0.1, -0.05) is 80.4 Å². The molecule has 1 heterocycles. The summed E-state index contributed by atoms with van der Waals surface area (Å²) in [7, 11) is 0. The Labute approximate surface area is 164 Å². The minimum absolute atomic E-state index is 0.321. The second kappa shape index (κ2) is 9.32. The molecule has 27 heavy (non-hydrogen) atoms. The molecule has 0 saturated carbocycles. The van der Waals surface area contributed by atoms with Crippen LogP contribution in [0.2, 0.25) is 0 Å². The van der Waals surface area contributed by atoms with E-state index >= 15 is 0 Å². The van der Waals surface area contributed by atoms with E-state index < -0.39 is 5.41 Å². The Kier molecular flexibility index (Phi) is 6.84. The zero-order valence-electron chi connectivity index (χ0n) is 16.9. The van der Waals surface area contributed by atoms with Gasteiger partial charge in [-0.3, -0.25) is 4.79 Å². The predicted octanol–water partition coefficient (Wildman–Crippen LogP) is 5.61. The molecule has 0 aliphatic carbocycles. The molecule has 2 nitrogen and oxygen atoms in total. The lowest BCUT2D eigenvalue weighted by atomic mass is 9.67. The molecule has 0 spiro atoms. The smallest absolute Gasteiger partial charge is 0.147 e. The molecule has 1 atom stereocenters. The van der Waals surface area contributed by atoms with Crippen molar-refractivity contribution in [2.24, 2.45) is 0 Å². The number of ketones is 1. The molecule has 1 aliphatic heterocycles. The minimum atomic E-state index is -0.566. The first-order valence-electron chi connectivity index (χ1n) is 10.6. The van der Waals surface area contributed by atoms with Crippen molar-refractivity contribution in [3.63, 3.8) is 0 Å². The fraction of sp³-hybridized carbons (Fsp3) is 0.480. The summed E-state index contributed by atoms with van der Waals surface area (Å²) in [5.41, 5.74) is 1.69. The minimum Gasteiger partial charge on any atom is -0.301 e. The van der Waals surface area contributed by atoms with Gasteiger partial charge in [0.05, 0.1) is 5.41 Å². The average Bonchev–Trinajstić information content (AvgIpc) is 3.02. The molecule has 2 aromatic rings. The van der Waals surface area contributed by atoms with Crippen LogP contribution < -0.4 is 0 Å². The molecule has 1 fully saturated rings. The number of hydrogen-bond donors (Lipinski definition) is 0. The van der Waals surface area contributed by atoms with Crippen molar-refractivity contribution >= 4 is 5.78 Å². The summed E-state index contributed by atoms with van der Waals surface area (Å²) in [6, 6.07) is 21.2. The second-order valence-electron chi connectivity index (χ2n) is 7.92. The van der Waals surface area contributed by atoms with Crippen molar-refractivity contribution in [1.82, 2.24) is 4.90 Å². The number of carbonyl (C=O) groups is 1. The summed E-state index contributed by atoms with van der Waals surface area (Å²) < 4.78 is 0. The van der Waals surface area contributed by atoms with Crippen molar-refractivity contribution < 1.29 is 4.79 Å². The Morgan fingerprint density at radius 2 is 1.37 bits per heavy atom. The number of likely N-dealkylation sites (tertiary alicyclic amines) is 1. The third-order valence-electron chi connectivity index (χ3n) is 6.20. The average molecular weight is 364 g/mol. The highest BCUT2D eigenvalue weighted by Gasteiger charge is 2.42. The van der Waals surface area contributed by atoms with Gasteiger partial charge in [0.25, 0.3) is 0 Å². The van der Waals surface area contributed by atoms with Gasteiger partial charge in [-0.25, -0.2) is 0 Å². The van der Waals surface area contributed by atoms with E-state index in [4.69, 9.17) is 0 Å². The summed E-state index contributed by atoms with van der Waals surface area (Å²) in [6.45, 7) is 6.62. The molecule has 0 bridgehead atoms. The highest BCUT2D eigenvalue weighted by molar-refractivity contribution is 5.93. The van der Waals surface area contributed by atoms with Crippen molar-refractivity contribution in [1.29, 1.82) is 0 Å². The number of carbonyl (C=O) groups excluding carboxylic acids is 1. The Bertz CT molecular complexity index is 662. The molecule has 1 saturated heterocycles. The van der Waals surface area contributed by atoms with Crippen LogP contribution in [0.3, 0.4) is 0 Å². The lowest BCUT2D eigenvalue weighted by Crippen LogP contribution is -2.45. The first-order chi connectivity index (χ1) is 13.2. The molecule has 3 rings (SSSR count). The molecule has 0 aromatic heterocycles.